The molecule has 0 aromatic heterocycles. The van der Waals surface area contributed by atoms with Crippen molar-refractivity contribution < 1.29 is 0 Å². The topological polar surface area (TPSA) is 3.24 Å². The van der Waals surface area contributed by atoms with Gasteiger partial charge in [0.25, 0.3) is 0 Å². The van der Waals surface area contributed by atoms with E-state index in [0.717, 1.165) is 12.5 Å². The fraction of sp³-hybridized carbons (Fsp3) is 0.625. The van der Waals surface area contributed by atoms with E-state index in [0.29, 0.717) is 0 Å². The van der Waals surface area contributed by atoms with Crippen LogP contribution in [0, 0.1) is 5.92 Å². The Morgan fingerprint density at radius 3 is 2.82 bits per heavy atom. The van der Waals surface area contributed by atoms with Crippen LogP contribution in [0.5, 0.6) is 0 Å². The number of rotatable bonds is 5. The molecule has 1 heterocycles. The lowest BCUT2D eigenvalue weighted by molar-refractivity contribution is 0.556. The molecule has 0 N–H and O–H groups in total. The molecule has 0 atom stereocenters. The minimum atomic E-state index is 0.833. The van der Waals surface area contributed by atoms with E-state index < -0.39 is 0 Å². The molecule has 0 saturated heterocycles. The Kier molecular flexibility index (Phi) is 4.09. The SMILES string of the molecule is CCN1CCc2cc(CCCC(C)C)ccc21. The van der Waals surface area contributed by atoms with Crippen LogP contribution in [0.1, 0.15) is 44.7 Å². The van der Waals surface area contributed by atoms with Crippen LogP contribution in [0.25, 0.3) is 0 Å². The van der Waals surface area contributed by atoms with Gasteiger partial charge in [-0.2, -0.15) is 0 Å². The van der Waals surface area contributed by atoms with E-state index in [2.05, 4.69) is 43.9 Å². The number of benzene rings is 1. The van der Waals surface area contributed by atoms with Gasteiger partial charge >= 0.3 is 0 Å². The minimum absolute atomic E-state index is 0.833. The molecule has 2 rings (SSSR count). The largest absolute Gasteiger partial charge is 0.371 e. The van der Waals surface area contributed by atoms with Crippen molar-refractivity contribution in [1.82, 2.24) is 0 Å². The summed E-state index contributed by atoms with van der Waals surface area (Å²) < 4.78 is 0. The summed E-state index contributed by atoms with van der Waals surface area (Å²) in [6.45, 7) is 9.20. The molecule has 1 aliphatic heterocycles. The maximum absolute atomic E-state index is 2.48. The van der Waals surface area contributed by atoms with E-state index in [1.165, 1.54) is 43.5 Å². The number of aryl methyl sites for hydroxylation is 1. The Hall–Kier alpha value is -0.980. The summed E-state index contributed by atoms with van der Waals surface area (Å²) in [6, 6.07) is 7.09. The first kappa shape index (κ1) is 12.5. The standard InChI is InChI=1S/C16H25N/c1-4-17-11-10-15-12-14(8-9-16(15)17)7-5-6-13(2)3/h8-9,12-13H,4-7,10-11H2,1-3H3. The van der Waals surface area contributed by atoms with Crippen LogP contribution in [0.4, 0.5) is 5.69 Å². The number of nitrogens with zero attached hydrogens (tertiary/aromatic N) is 1. The number of anilines is 1. The second-order valence-electron chi connectivity index (χ2n) is 5.58. The van der Waals surface area contributed by atoms with Gasteiger partial charge in [-0.25, -0.2) is 0 Å². The number of hydrogen-bond donors (Lipinski definition) is 0. The molecule has 17 heavy (non-hydrogen) atoms. The summed E-state index contributed by atoms with van der Waals surface area (Å²) in [4.78, 5) is 2.48. The Morgan fingerprint density at radius 2 is 2.12 bits per heavy atom. The van der Waals surface area contributed by atoms with Crippen molar-refractivity contribution in [1.29, 1.82) is 0 Å². The molecule has 0 fully saturated rings. The molecule has 0 radical (unpaired) electrons. The first-order valence-corrected chi connectivity index (χ1v) is 7.07. The van der Waals surface area contributed by atoms with Gasteiger partial charge < -0.3 is 4.90 Å². The first-order chi connectivity index (χ1) is 8.20. The highest BCUT2D eigenvalue weighted by Crippen LogP contribution is 2.28. The Balaban J connectivity index is 1.98. The van der Waals surface area contributed by atoms with E-state index in [1.807, 2.05) is 0 Å². The maximum Gasteiger partial charge on any atom is 0.0399 e. The highest BCUT2D eigenvalue weighted by atomic mass is 15.1. The van der Waals surface area contributed by atoms with Crippen LogP contribution in [0.3, 0.4) is 0 Å². The lowest BCUT2D eigenvalue weighted by Crippen LogP contribution is -2.18. The molecule has 1 aromatic rings. The van der Waals surface area contributed by atoms with Crippen molar-refractivity contribution in [2.45, 2.75) is 46.5 Å². The molecular weight excluding hydrogens is 206 g/mol. The molecule has 0 amide bonds. The molecule has 0 aliphatic carbocycles. The van der Waals surface area contributed by atoms with Crippen LogP contribution in [0.2, 0.25) is 0 Å². The Morgan fingerprint density at radius 1 is 1.29 bits per heavy atom. The third-order valence-electron chi connectivity index (χ3n) is 3.76. The predicted molar refractivity (Wildman–Crippen MR) is 75.8 cm³/mol. The third kappa shape index (κ3) is 3.02. The second kappa shape index (κ2) is 5.57. The average molecular weight is 231 g/mol. The van der Waals surface area contributed by atoms with E-state index in [-0.39, 0.29) is 0 Å². The fourth-order valence-electron chi connectivity index (χ4n) is 2.72. The highest BCUT2D eigenvalue weighted by molar-refractivity contribution is 5.59. The van der Waals surface area contributed by atoms with Crippen LogP contribution in [-0.4, -0.2) is 13.1 Å². The molecule has 0 saturated carbocycles. The van der Waals surface area contributed by atoms with Crippen molar-refractivity contribution in [2.75, 3.05) is 18.0 Å². The van der Waals surface area contributed by atoms with Crippen molar-refractivity contribution >= 4 is 5.69 Å². The van der Waals surface area contributed by atoms with Gasteiger partial charge in [-0.3, -0.25) is 0 Å². The van der Waals surface area contributed by atoms with Crippen LogP contribution >= 0.6 is 0 Å². The van der Waals surface area contributed by atoms with Gasteiger partial charge in [0, 0.05) is 18.8 Å². The van der Waals surface area contributed by atoms with Crippen LogP contribution < -0.4 is 4.90 Å². The average Bonchev–Trinajstić information content (AvgIpc) is 2.70. The second-order valence-corrected chi connectivity index (χ2v) is 5.58. The van der Waals surface area contributed by atoms with Gasteiger partial charge in [0.15, 0.2) is 0 Å². The maximum atomic E-state index is 2.48. The summed E-state index contributed by atoms with van der Waals surface area (Å²) in [6.07, 6.45) is 5.16. The van der Waals surface area contributed by atoms with Crippen LogP contribution in [0.15, 0.2) is 18.2 Å². The van der Waals surface area contributed by atoms with Crippen LogP contribution in [-0.2, 0) is 12.8 Å². The van der Waals surface area contributed by atoms with E-state index >= 15 is 0 Å². The molecular formula is C16H25N. The molecule has 1 aromatic carbocycles. The zero-order valence-electron chi connectivity index (χ0n) is 11.5. The molecule has 0 spiro atoms. The van der Waals surface area contributed by atoms with Crippen molar-refractivity contribution in [3.8, 4) is 0 Å². The Bertz CT molecular complexity index is 368. The van der Waals surface area contributed by atoms with E-state index in [4.69, 9.17) is 0 Å². The fourth-order valence-corrected chi connectivity index (χ4v) is 2.72. The first-order valence-electron chi connectivity index (χ1n) is 7.07. The van der Waals surface area contributed by atoms with Gasteiger partial charge in [-0.15, -0.1) is 0 Å². The van der Waals surface area contributed by atoms with Gasteiger partial charge in [0.2, 0.25) is 0 Å². The van der Waals surface area contributed by atoms with Crippen molar-refractivity contribution in [3.63, 3.8) is 0 Å². The summed E-state index contributed by atoms with van der Waals surface area (Å²) in [5, 5.41) is 0. The lowest BCUT2D eigenvalue weighted by atomic mass is 10.0. The molecule has 94 valence electrons. The van der Waals surface area contributed by atoms with Gasteiger partial charge in [-0.1, -0.05) is 32.4 Å². The summed E-state index contributed by atoms with van der Waals surface area (Å²) in [7, 11) is 0. The zero-order valence-corrected chi connectivity index (χ0v) is 11.5. The number of hydrogen-bond acceptors (Lipinski definition) is 1. The summed E-state index contributed by atoms with van der Waals surface area (Å²) >= 11 is 0. The molecule has 1 aliphatic rings. The molecule has 1 nitrogen and oxygen atoms in total. The quantitative estimate of drug-likeness (QED) is 0.739. The van der Waals surface area contributed by atoms with Gasteiger partial charge in [0.1, 0.15) is 0 Å². The van der Waals surface area contributed by atoms with E-state index in [1.54, 1.807) is 5.56 Å². The summed E-state index contributed by atoms with van der Waals surface area (Å²) in [5.74, 6) is 0.833. The normalized spacial score (nSPS) is 14.5. The molecule has 1 heteroatoms. The molecule has 0 unspecified atom stereocenters. The van der Waals surface area contributed by atoms with Gasteiger partial charge in [-0.05, 0) is 49.3 Å². The van der Waals surface area contributed by atoms with Crippen molar-refractivity contribution in [2.24, 2.45) is 5.92 Å². The Labute approximate surface area is 106 Å². The summed E-state index contributed by atoms with van der Waals surface area (Å²) in [5.41, 5.74) is 4.57. The van der Waals surface area contributed by atoms with Gasteiger partial charge in [0.05, 0.1) is 0 Å². The minimum Gasteiger partial charge on any atom is -0.371 e. The number of likely N-dealkylation sites (N-methyl/N-ethyl adjacent to an activating group) is 1. The van der Waals surface area contributed by atoms with E-state index in [9.17, 15) is 0 Å². The highest BCUT2D eigenvalue weighted by Gasteiger charge is 2.17. The smallest absolute Gasteiger partial charge is 0.0399 e. The predicted octanol–water partition coefficient (Wildman–Crippen LogP) is 4.05. The molecule has 0 bridgehead atoms. The lowest BCUT2D eigenvalue weighted by Gasteiger charge is -2.16. The monoisotopic (exact) mass is 231 g/mol. The zero-order chi connectivity index (χ0) is 12.3. The third-order valence-corrected chi connectivity index (χ3v) is 3.76. The number of fused-ring (bicyclic) bond motifs is 1. The van der Waals surface area contributed by atoms with Crippen molar-refractivity contribution in [3.05, 3.63) is 29.3 Å².